The lowest BCUT2D eigenvalue weighted by atomic mass is 9.95. The summed E-state index contributed by atoms with van der Waals surface area (Å²) >= 11 is 2.90. The third kappa shape index (κ3) is 5.38. The number of thiophene rings is 1. The molecular weight excluding hydrogens is 432 g/mol. The lowest BCUT2D eigenvalue weighted by molar-refractivity contribution is -0.113. The largest absolute Gasteiger partial charge is 0.462 e. The molecule has 2 aromatic heterocycles. The van der Waals surface area contributed by atoms with Crippen molar-refractivity contribution in [3.8, 4) is 0 Å². The number of hydrogen-bond acceptors (Lipinski definition) is 8. The van der Waals surface area contributed by atoms with Gasteiger partial charge in [0, 0.05) is 24.0 Å². The topological polar surface area (TPSA) is 84.4 Å². The fourth-order valence-electron chi connectivity index (χ4n) is 4.08. The molecule has 1 fully saturated rings. The standard InChI is InChI=1S/C22H28N4O3S2/c1-2-29-22(28)20-15-8-4-5-9-16(15)31-21(20)25-18(27)13-30-19-12-17(23-14-24-19)26-10-6-3-7-11-26/h12,14H,2-11,13H2,1H3,(H,25,27). The molecular formula is C22H28N4O3S2. The molecule has 166 valence electrons. The number of nitrogens with one attached hydrogen (secondary N) is 1. The van der Waals surface area contributed by atoms with Crippen LogP contribution in [0.5, 0.6) is 0 Å². The van der Waals surface area contributed by atoms with Crippen LogP contribution in [0.1, 0.15) is 59.8 Å². The van der Waals surface area contributed by atoms with Gasteiger partial charge in [0.2, 0.25) is 5.91 Å². The molecule has 1 aliphatic carbocycles. The van der Waals surface area contributed by atoms with E-state index in [1.165, 1.54) is 47.2 Å². The number of esters is 1. The summed E-state index contributed by atoms with van der Waals surface area (Å²) in [5, 5.41) is 4.36. The molecule has 0 spiro atoms. The molecule has 2 aliphatic rings. The maximum atomic E-state index is 12.7. The third-order valence-corrected chi connectivity index (χ3v) is 7.70. The van der Waals surface area contributed by atoms with Gasteiger partial charge in [-0.05, 0) is 57.4 Å². The Hall–Kier alpha value is -2.13. The van der Waals surface area contributed by atoms with E-state index in [0.717, 1.165) is 55.2 Å². The number of rotatable bonds is 7. The van der Waals surface area contributed by atoms with E-state index in [2.05, 4.69) is 20.2 Å². The minimum Gasteiger partial charge on any atom is -0.462 e. The van der Waals surface area contributed by atoms with E-state index < -0.39 is 0 Å². The Kier molecular flexibility index (Phi) is 7.45. The van der Waals surface area contributed by atoms with E-state index in [9.17, 15) is 9.59 Å². The van der Waals surface area contributed by atoms with Crippen LogP contribution in [0.3, 0.4) is 0 Å². The molecule has 3 heterocycles. The zero-order valence-corrected chi connectivity index (χ0v) is 19.4. The van der Waals surface area contributed by atoms with E-state index in [-0.39, 0.29) is 17.6 Å². The first kappa shape index (κ1) is 22.1. The Morgan fingerprint density at radius 1 is 1.16 bits per heavy atom. The van der Waals surface area contributed by atoms with Gasteiger partial charge < -0.3 is 15.0 Å². The number of piperidine rings is 1. The summed E-state index contributed by atoms with van der Waals surface area (Å²) in [6, 6.07) is 1.96. The SMILES string of the molecule is CCOC(=O)c1c(NC(=O)CSc2cc(N3CCCCC3)ncn2)sc2c1CCCC2. The lowest BCUT2D eigenvalue weighted by Gasteiger charge is -2.27. The second-order valence-corrected chi connectivity index (χ2v) is 9.84. The van der Waals surface area contributed by atoms with Gasteiger partial charge in [0.1, 0.15) is 22.2 Å². The highest BCUT2D eigenvalue weighted by atomic mass is 32.2. The van der Waals surface area contributed by atoms with Crippen molar-refractivity contribution in [1.29, 1.82) is 0 Å². The predicted octanol–water partition coefficient (Wildman–Crippen LogP) is 4.31. The van der Waals surface area contributed by atoms with E-state index in [4.69, 9.17) is 4.74 Å². The minimum atomic E-state index is -0.341. The first-order valence-electron chi connectivity index (χ1n) is 11.0. The molecule has 1 N–H and O–H groups in total. The summed E-state index contributed by atoms with van der Waals surface area (Å²) in [4.78, 5) is 37.4. The van der Waals surface area contributed by atoms with Gasteiger partial charge in [-0.25, -0.2) is 14.8 Å². The molecule has 2 aromatic rings. The number of aryl methyl sites for hydroxylation is 1. The summed E-state index contributed by atoms with van der Waals surface area (Å²) in [5.74, 6) is 0.661. The second-order valence-electron chi connectivity index (χ2n) is 7.73. The average Bonchev–Trinajstić information content (AvgIpc) is 3.16. The first-order chi connectivity index (χ1) is 15.2. The number of nitrogens with zero attached hydrogens (tertiary/aromatic N) is 3. The molecule has 0 saturated carbocycles. The van der Waals surface area contributed by atoms with Crippen LogP contribution in [-0.2, 0) is 22.4 Å². The van der Waals surface area contributed by atoms with Gasteiger partial charge in [-0.3, -0.25) is 4.79 Å². The summed E-state index contributed by atoms with van der Waals surface area (Å²) in [5.41, 5.74) is 1.61. The highest BCUT2D eigenvalue weighted by molar-refractivity contribution is 7.99. The molecule has 31 heavy (non-hydrogen) atoms. The number of hydrogen-bond donors (Lipinski definition) is 1. The van der Waals surface area contributed by atoms with Crippen LogP contribution < -0.4 is 10.2 Å². The maximum Gasteiger partial charge on any atom is 0.341 e. The number of amides is 1. The van der Waals surface area contributed by atoms with Gasteiger partial charge in [-0.1, -0.05) is 11.8 Å². The second kappa shape index (κ2) is 10.5. The number of carbonyl (C=O) groups is 2. The van der Waals surface area contributed by atoms with Crippen molar-refractivity contribution in [2.45, 2.75) is 56.9 Å². The van der Waals surface area contributed by atoms with Crippen LogP contribution in [0, 0.1) is 0 Å². The average molecular weight is 461 g/mol. The van der Waals surface area contributed by atoms with Crippen molar-refractivity contribution in [2.75, 3.05) is 35.7 Å². The molecule has 0 bridgehead atoms. The summed E-state index contributed by atoms with van der Waals surface area (Å²) < 4.78 is 5.26. The van der Waals surface area contributed by atoms with Gasteiger partial charge in [-0.2, -0.15) is 0 Å². The summed E-state index contributed by atoms with van der Waals surface area (Å²) in [6.45, 7) is 4.15. The quantitative estimate of drug-likeness (QED) is 0.374. The van der Waals surface area contributed by atoms with E-state index >= 15 is 0 Å². The smallest absolute Gasteiger partial charge is 0.341 e. The number of carbonyl (C=O) groups excluding carboxylic acids is 2. The Bertz CT molecular complexity index is 941. The van der Waals surface area contributed by atoms with E-state index in [0.29, 0.717) is 17.2 Å². The fourth-order valence-corrected chi connectivity index (χ4v) is 6.04. The Morgan fingerprint density at radius 2 is 1.97 bits per heavy atom. The molecule has 0 aromatic carbocycles. The third-order valence-electron chi connectivity index (χ3n) is 5.56. The minimum absolute atomic E-state index is 0.146. The zero-order chi connectivity index (χ0) is 21.6. The van der Waals surface area contributed by atoms with Gasteiger partial charge in [0.05, 0.1) is 17.9 Å². The van der Waals surface area contributed by atoms with E-state index in [1.54, 1.807) is 13.3 Å². The normalized spacial score (nSPS) is 16.0. The van der Waals surface area contributed by atoms with Crippen LogP contribution >= 0.6 is 23.1 Å². The molecule has 1 saturated heterocycles. The molecule has 9 heteroatoms. The molecule has 0 radical (unpaired) electrons. The van der Waals surface area contributed by atoms with E-state index in [1.807, 2.05) is 6.07 Å². The number of fused-ring (bicyclic) bond motifs is 1. The highest BCUT2D eigenvalue weighted by Crippen LogP contribution is 2.38. The number of thioether (sulfide) groups is 1. The van der Waals surface area contributed by atoms with Crippen LogP contribution in [0.2, 0.25) is 0 Å². The van der Waals surface area contributed by atoms with Crippen LogP contribution in [0.4, 0.5) is 10.8 Å². The fraction of sp³-hybridized carbons (Fsp3) is 0.545. The van der Waals surface area contributed by atoms with Gasteiger partial charge in [0.25, 0.3) is 0 Å². The van der Waals surface area contributed by atoms with Crippen LogP contribution in [-0.4, -0.2) is 47.3 Å². The van der Waals surface area contributed by atoms with Gasteiger partial charge in [0.15, 0.2) is 0 Å². The predicted molar refractivity (Wildman–Crippen MR) is 124 cm³/mol. The Labute approximate surface area is 191 Å². The highest BCUT2D eigenvalue weighted by Gasteiger charge is 2.27. The molecule has 0 atom stereocenters. The summed E-state index contributed by atoms with van der Waals surface area (Å²) in [7, 11) is 0. The molecule has 1 aliphatic heterocycles. The van der Waals surface area contributed by atoms with Crippen molar-refractivity contribution < 1.29 is 14.3 Å². The summed E-state index contributed by atoms with van der Waals surface area (Å²) in [6.07, 6.45) is 9.20. The van der Waals surface area contributed by atoms with Crippen molar-refractivity contribution in [3.05, 3.63) is 28.4 Å². The lowest BCUT2D eigenvalue weighted by Crippen LogP contribution is -2.30. The van der Waals surface area contributed by atoms with Gasteiger partial charge in [-0.15, -0.1) is 11.3 Å². The van der Waals surface area contributed by atoms with Crippen molar-refractivity contribution >= 4 is 45.8 Å². The monoisotopic (exact) mass is 460 g/mol. The zero-order valence-electron chi connectivity index (χ0n) is 17.8. The molecule has 4 rings (SSSR count). The van der Waals surface area contributed by atoms with Gasteiger partial charge >= 0.3 is 5.97 Å². The van der Waals surface area contributed by atoms with Crippen LogP contribution in [0.15, 0.2) is 17.4 Å². The molecule has 0 unspecified atom stereocenters. The van der Waals surface area contributed by atoms with Crippen molar-refractivity contribution in [1.82, 2.24) is 9.97 Å². The van der Waals surface area contributed by atoms with Crippen molar-refractivity contribution in [3.63, 3.8) is 0 Å². The Balaban J connectivity index is 1.41. The Morgan fingerprint density at radius 3 is 2.77 bits per heavy atom. The molecule has 1 amide bonds. The first-order valence-corrected chi connectivity index (χ1v) is 12.8. The van der Waals surface area contributed by atoms with Crippen LogP contribution in [0.25, 0.3) is 0 Å². The number of ether oxygens (including phenoxy) is 1. The maximum absolute atomic E-state index is 12.7. The number of anilines is 2. The molecule has 7 nitrogen and oxygen atoms in total. The number of aromatic nitrogens is 2. The van der Waals surface area contributed by atoms with Crippen molar-refractivity contribution in [2.24, 2.45) is 0 Å².